The van der Waals surface area contributed by atoms with Crippen molar-refractivity contribution in [2.45, 2.75) is 110 Å². The summed E-state index contributed by atoms with van der Waals surface area (Å²) >= 11 is 0. The van der Waals surface area contributed by atoms with E-state index in [9.17, 15) is 9.59 Å². The third-order valence-corrected chi connectivity index (χ3v) is 8.53. The summed E-state index contributed by atoms with van der Waals surface area (Å²) in [5.74, 6) is 2.28. The fraction of sp³-hybridized carbons (Fsp3) is 0.806. The molecule has 1 atom stereocenters. The number of aliphatic hydroxyl groups is 1. The van der Waals surface area contributed by atoms with Crippen LogP contribution in [0.25, 0.3) is 0 Å². The molecule has 1 unspecified atom stereocenters. The zero-order valence-corrected chi connectivity index (χ0v) is 23.1. The lowest BCUT2D eigenvalue weighted by Gasteiger charge is -2.33. The Bertz CT molecular complexity index is 683. The molecular weight excluding hydrogens is 452 g/mol. The van der Waals surface area contributed by atoms with E-state index in [-0.39, 0.29) is 24.7 Å². The second kappa shape index (κ2) is 17.0. The van der Waals surface area contributed by atoms with Crippen molar-refractivity contribution in [3.63, 3.8) is 0 Å². The Morgan fingerprint density at radius 1 is 0.778 bits per heavy atom. The first-order valence-electron chi connectivity index (χ1n) is 14.6. The standard InChI is InChI=1S/C31H52O5/c1-5-6-7-8-25-9-11-26(12-10-25)13-14-27-15-17-28(18-16-27)19-29(21-35-30(33)23(2)3)22-36-31(34)24(4)20-32/h25-29,32H,2,4-22H2,1,3H3. The van der Waals surface area contributed by atoms with Gasteiger partial charge >= 0.3 is 11.9 Å². The lowest BCUT2D eigenvalue weighted by Crippen LogP contribution is -2.26. The quantitative estimate of drug-likeness (QED) is 0.137. The average molecular weight is 505 g/mol. The van der Waals surface area contributed by atoms with Crippen molar-refractivity contribution < 1.29 is 24.2 Å². The monoisotopic (exact) mass is 504 g/mol. The molecule has 0 aromatic rings. The Hall–Kier alpha value is -1.62. The average Bonchev–Trinajstić information content (AvgIpc) is 2.89. The maximum Gasteiger partial charge on any atom is 0.335 e. The molecule has 2 saturated carbocycles. The first-order valence-corrected chi connectivity index (χ1v) is 14.6. The minimum absolute atomic E-state index is 0.0400. The number of carbonyl (C=O) groups excluding carboxylic acids is 2. The smallest absolute Gasteiger partial charge is 0.335 e. The summed E-state index contributed by atoms with van der Waals surface area (Å²) in [5, 5.41) is 9.09. The topological polar surface area (TPSA) is 72.8 Å². The van der Waals surface area contributed by atoms with Gasteiger partial charge in [0.25, 0.3) is 0 Å². The van der Waals surface area contributed by atoms with Gasteiger partial charge < -0.3 is 14.6 Å². The lowest BCUT2D eigenvalue weighted by atomic mass is 9.73. The second-order valence-electron chi connectivity index (χ2n) is 11.7. The van der Waals surface area contributed by atoms with Gasteiger partial charge in [0.2, 0.25) is 0 Å². The normalized spacial score (nSPS) is 25.1. The minimum atomic E-state index is -0.590. The zero-order valence-electron chi connectivity index (χ0n) is 23.1. The first-order chi connectivity index (χ1) is 17.3. The Kier molecular flexibility index (Phi) is 14.4. The van der Waals surface area contributed by atoms with Gasteiger partial charge in [-0.15, -0.1) is 0 Å². The van der Waals surface area contributed by atoms with Crippen LogP contribution in [0.3, 0.4) is 0 Å². The molecular formula is C31H52O5. The predicted octanol–water partition coefficient (Wildman–Crippen LogP) is 7.18. The first kappa shape index (κ1) is 30.6. The highest BCUT2D eigenvalue weighted by Gasteiger charge is 2.27. The largest absolute Gasteiger partial charge is 0.462 e. The number of hydrogen-bond donors (Lipinski definition) is 1. The number of ether oxygens (including phenoxy) is 2. The van der Waals surface area contributed by atoms with E-state index >= 15 is 0 Å². The Morgan fingerprint density at radius 2 is 1.25 bits per heavy atom. The molecule has 36 heavy (non-hydrogen) atoms. The molecule has 0 bridgehead atoms. The molecule has 2 fully saturated rings. The molecule has 1 N–H and O–H groups in total. The zero-order chi connectivity index (χ0) is 26.3. The van der Waals surface area contributed by atoms with Gasteiger partial charge in [0.05, 0.1) is 25.4 Å². The number of carbonyl (C=O) groups is 2. The Labute approximate surface area is 220 Å². The summed E-state index contributed by atoms with van der Waals surface area (Å²) in [4.78, 5) is 23.8. The molecule has 0 amide bonds. The molecule has 0 saturated heterocycles. The van der Waals surface area contributed by atoms with E-state index in [0.29, 0.717) is 11.5 Å². The molecule has 2 aliphatic carbocycles. The van der Waals surface area contributed by atoms with Crippen molar-refractivity contribution in [2.24, 2.45) is 29.6 Å². The van der Waals surface area contributed by atoms with Gasteiger partial charge in [-0.25, -0.2) is 9.59 Å². The van der Waals surface area contributed by atoms with Crippen molar-refractivity contribution in [1.82, 2.24) is 0 Å². The minimum Gasteiger partial charge on any atom is -0.462 e. The summed E-state index contributed by atoms with van der Waals surface area (Å²) in [6, 6.07) is 0. The van der Waals surface area contributed by atoms with Crippen LogP contribution in [-0.4, -0.2) is 36.9 Å². The highest BCUT2D eigenvalue weighted by atomic mass is 16.5. The SMILES string of the molecule is C=C(C)C(=O)OCC(COC(=O)C(=C)CO)CC1CCC(CCC2CCC(CCCCC)CC2)CC1. The van der Waals surface area contributed by atoms with Crippen LogP contribution in [0.2, 0.25) is 0 Å². The van der Waals surface area contributed by atoms with Crippen LogP contribution in [0.4, 0.5) is 0 Å². The maximum atomic E-state index is 11.9. The van der Waals surface area contributed by atoms with E-state index in [1.54, 1.807) is 6.92 Å². The van der Waals surface area contributed by atoms with Crippen molar-refractivity contribution >= 4 is 11.9 Å². The summed E-state index contributed by atoms with van der Waals surface area (Å²) in [6.07, 6.45) is 20.0. The van der Waals surface area contributed by atoms with Crippen LogP contribution in [-0.2, 0) is 19.1 Å². The third-order valence-electron chi connectivity index (χ3n) is 8.53. The molecule has 0 aromatic carbocycles. The molecule has 0 aromatic heterocycles. The summed E-state index contributed by atoms with van der Waals surface area (Å²) in [5.41, 5.74) is 0.406. The Balaban J connectivity index is 1.70. The van der Waals surface area contributed by atoms with E-state index in [1.165, 1.54) is 89.9 Å². The predicted molar refractivity (Wildman–Crippen MR) is 145 cm³/mol. The Morgan fingerprint density at radius 3 is 1.72 bits per heavy atom. The molecule has 2 aliphatic rings. The van der Waals surface area contributed by atoms with Crippen LogP contribution in [0, 0.1) is 29.6 Å². The van der Waals surface area contributed by atoms with Gasteiger partial charge in [-0.1, -0.05) is 110 Å². The van der Waals surface area contributed by atoms with Gasteiger partial charge in [-0.05, 0) is 37.0 Å². The lowest BCUT2D eigenvalue weighted by molar-refractivity contribution is -0.144. The number of aliphatic hydroxyl groups excluding tert-OH is 1. The van der Waals surface area contributed by atoms with Gasteiger partial charge in [0, 0.05) is 11.5 Å². The molecule has 0 radical (unpaired) electrons. The van der Waals surface area contributed by atoms with Gasteiger partial charge in [0.1, 0.15) is 0 Å². The molecule has 5 nitrogen and oxygen atoms in total. The fourth-order valence-corrected chi connectivity index (χ4v) is 6.05. The third kappa shape index (κ3) is 11.6. The van der Waals surface area contributed by atoms with Crippen molar-refractivity contribution in [1.29, 1.82) is 0 Å². The highest BCUT2D eigenvalue weighted by molar-refractivity contribution is 5.88. The molecule has 0 spiro atoms. The summed E-state index contributed by atoms with van der Waals surface area (Å²) < 4.78 is 10.7. The number of esters is 2. The van der Waals surface area contributed by atoms with Crippen molar-refractivity contribution in [3.8, 4) is 0 Å². The van der Waals surface area contributed by atoms with Crippen molar-refractivity contribution in [3.05, 3.63) is 24.3 Å². The van der Waals surface area contributed by atoms with E-state index in [2.05, 4.69) is 20.1 Å². The molecule has 0 aliphatic heterocycles. The highest BCUT2D eigenvalue weighted by Crippen LogP contribution is 2.39. The summed E-state index contributed by atoms with van der Waals surface area (Å²) in [7, 11) is 0. The van der Waals surface area contributed by atoms with E-state index in [4.69, 9.17) is 14.6 Å². The van der Waals surface area contributed by atoms with Crippen LogP contribution < -0.4 is 0 Å². The molecule has 2 rings (SSSR count). The molecule has 5 heteroatoms. The maximum absolute atomic E-state index is 11.9. The molecule has 206 valence electrons. The van der Waals surface area contributed by atoms with Crippen molar-refractivity contribution in [2.75, 3.05) is 19.8 Å². The second-order valence-corrected chi connectivity index (χ2v) is 11.7. The van der Waals surface area contributed by atoms with Gasteiger partial charge in [-0.3, -0.25) is 0 Å². The van der Waals surface area contributed by atoms with Crippen LogP contribution in [0.5, 0.6) is 0 Å². The number of rotatable bonds is 16. The van der Waals surface area contributed by atoms with Gasteiger partial charge in [0.15, 0.2) is 0 Å². The van der Waals surface area contributed by atoms with Crippen LogP contribution in [0.15, 0.2) is 24.3 Å². The number of unbranched alkanes of at least 4 members (excludes halogenated alkanes) is 2. The van der Waals surface area contributed by atoms with E-state index in [0.717, 1.165) is 24.2 Å². The summed E-state index contributed by atoms with van der Waals surface area (Å²) in [6.45, 7) is 11.0. The van der Waals surface area contributed by atoms with E-state index < -0.39 is 18.5 Å². The van der Waals surface area contributed by atoms with Gasteiger partial charge in [-0.2, -0.15) is 0 Å². The van der Waals surface area contributed by atoms with Crippen LogP contribution >= 0.6 is 0 Å². The fourth-order valence-electron chi connectivity index (χ4n) is 6.05. The van der Waals surface area contributed by atoms with Crippen LogP contribution in [0.1, 0.15) is 110 Å². The van der Waals surface area contributed by atoms with E-state index in [1.807, 2.05) is 0 Å². The molecule has 0 heterocycles. The number of hydrogen-bond acceptors (Lipinski definition) is 5.